The Morgan fingerprint density at radius 3 is 2.89 bits per heavy atom. The van der Waals surface area contributed by atoms with Gasteiger partial charge in [-0.25, -0.2) is 4.79 Å². The van der Waals surface area contributed by atoms with Gasteiger partial charge in [0.05, 0.1) is 29.6 Å². The van der Waals surface area contributed by atoms with E-state index in [1.165, 1.54) is 7.11 Å². The number of anilines is 2. The molecule has 0 amide bonds. The summed E-state index contributed by atoms with van der Waals surface area (Å²) >= 11 is 0. The zero-order chi connectivity index (χ0) is 14.0. The fourth-order valence-corrected chi connectivity index (χ4v) is 2.54. The average molecular weight is 264 g/mol. The van der Waals surface area contributed by atoms with Gasteiger partial charge in [-0.15, -0.1) is 0 Å². The molecule has 5 heteroatoms. The molecular formula is C14H20N2O3. The van der Waals surface area contributed by atoms with Crippen LogP contribution in [-0.2, 0) is 4.74 Å². The highest BCUT2D eigenvalue weighted by Gasteiger charge is 2.29. The zero-order valence-electron chi connectivity index (χ0n) is 11.3. The highest BCUT2D eigenvalue weighted by molar-refractivity contribution is 5.98. The monoisotopic (exact) mass is 264 g/mol. The predicted molar refractivity (Wildman–Crippen MR) is 74.3 cm³/mol. The maximum Gasteiger partial charge on any atom is 0.340 e. The Kier molecular flexibility index (Phi) is 3.66. The molecule has 1 heterocycles. The summed E-state index contributed by atoms with van der Waals surface area (Å²) < 4.78 is 4.71. The van der Waals surface area contributed by atoms with Crippen molar-refractivity contribution in [2.75, 3.05) is 30.8 Å². The van der Waals surface area contributed by atoms with Gasteiger partial charge in [-0.3, -0.25) is 0 Å². The molecule has 1 unspecified atom stereocenters. The first-order valence-corrected chi connectivity index (χ1v) is 6.39. The van der Waals surface area contributed by atoms with Gasteiger partial charge in [-0.1, -0.05) is 6.07 Å². The Labute approximate surface area is 113 Å². The number of β-amino-alcohol motifs (C(OH)–C–C–N with tert-alkyl or cyclic N) is 1. The number of carbonyl (C=O) groups excluding carboxylic acids is 1. The molecule has 1 aromatic carbocycles. The number of hydrogen-bond acceptors (Lipinski definition) is 5. The van der Waals surface area contributed by atoms with E-state index in [0.29, 0.717) is 17.8 Å². The number of piperidine rings is 1. The molecule has 0 aromatic heterocycles. The van der Waals surface area contributed by atoms with Gasteiger partial charge in [0.25, 0.3) is 0 Å². The number of rotatable bonds is 2. The van der Waals surface area contributed by atoms with Crippen molar-refractivity contribution in [1.29, 1.82) is 0 Å². The van der Waals surface area contributed by atoms with Crippen LogP contribution >= 0.6 is 0 Å². The Hall–Kier alpha value is -1.75. The largest absolute Gasteiger partial charge is 0.465 e. The van der Waals surface area contributed by atoms with Gasteiger partial charge in [0.2, 0.25) is 0 Å². The lowest BCUT2D eigenvalue weighted by Crippen LogP contribution is -2.46. The summed E-state index contributed by atoms with van der Waals surface area (Å²) in [6.07, 6.45) is 1.68. The number of esters is 1. The highest BCUT2D eigenvalue weighted by Crippen LogP contribution is 2.31. The predicted octanol–water partition coefficient (Wildman–Crippen LogP) is 1.41. The van der Waals surface area contributed by atoms with Gasteiger partial charge in [0.1, 0.15) is 0 Å². The molecule has 0 radical (unpaired) electrons. The molecule has 1 aliphatic rings. The second-order valence-corrected chi connectivity index (χ2v) is 5.25. The van der Waals surface area contributed by atoms with Crippen LogP contribution < -0.4 is 10.6 Å². The van der Waals surface area contributed by atoms with Crippen molar-refractivity contribution in [3.8, 4) is 0 Å². The van der Waals surface area contributed by atoms with Crippen LogP contribution in [0.5, 0.6) is 0 Å². The number of para-hydroxylation sites is 1. The zero-order valence-corrected chi connectivity index (χ0v) is 11.3. The van der Waals surface area contributed by atoms with Crippen molar-refractivity contribution in [1.82, 2.24) is 0 Å². The number of hydrogen-bond donors (Lipinski definition) is 2. The van der Waals surface area contributed by atoms with Crippen LogP contribution in [0, 0.1) is 0 Å². The van der Waals surface area contributed by atoms with Crippen LogP contribution in [0.25, 0.3) is 0 Å². The molecular weight excluding hydrogens is 244 g/mol. The minimum absolute atomic E-state index is 0.366. The summed E-state index contributed by atoms with van der Waals surface area (Å²) in [6, 6.07) is 5.29. The summed E-state index contributed by atoms with van der Waals surface area (Å²) in [4.78, 5) is 13.6. The lowest BCUT2D eigenvalue weighted by atomic mass is 9.94. The smallest absolute Gasteiger partial charge is 0.340 e. The first-order chi connectivity index (χ1) is 8.94. The number of nitrogens with zero attached hydrogens (tertiary/aromatic N) is 1. The quantitative estimate of drug-likeness (QED) is 0.624. The van der Waals surface area contributed by atoms with Crippen molar-refractivity contribution < 1.29 is 14.6 Å². The molecule has 19 heavy (non-hydrogen) atoms. The molecule has 0 saturated carbocycles. The molecule has 1 atom stereocenters. The summed E-state index contributed by atoms with van der Waals surface area (Å²) in [5, 5.41) is 10.1. The van der Waals surface area contributed by atoms with E-state index in [9.17, 15) is 9.90 Å². The van der Waals surface area contributed by atoms with Crippen molar-refractivity contribution in [2.24, 2.45) is 0 Å². The van der Waals surface area contributed by atoms with E-state index in [2.05, 4.69) is 0 Å². The topological polar surface area (TPSA) is 75.8 Å². The molecule has 104 valence electrons. The van der Waals surface area contributed by atoms with Crippen LogP contribution in [0.3, 0.4) is 0 Å². The fourth-order valence-electron chi connectivity index (χ4n) is 2.54. The molecule has 0 aliphatic carbocycles. The summed E-state index contributed by atoms with van der Waals surface area (Å²) in [5.41, 5.74) is 6.89. The SMILES string of the molecule is COC(=O)c1cccc(N2CCCC(C)(O)C2)c1N. The first kappa shape index (κ1) is 13.7. The third-order valence-electron chi connectivity index (χ3n) is 3.50. The maximum absolute atomic E-state index is 11.6. The second kappa shape index (κ2) is 5.09. The lowest BCUT2D eigenvalue weighted by Gasteiger charge is -2.38. The Bertz CT molecular complexity index is 486. The molecule has 0 spiro atoms. The summed E-state index contributed by atoms with van der Waals surface area (Å²) in [7, 11) is 1.33. The third kappa shape index (κ3) is 2.81. The van der Waals surface area contributed by atoms with Crippen molar-refractivity contribution >= 4 is 17.3 Å². The van der Waals surface area contributed by atoms with Gasteiger partial charge in [-0.05, 0) is 31.9 Å². The first-order valence-electron chi connectivity index (χ1n) is 6.39. The number of benzene rings is 1. The fraction of sp³-hybridized carbons (Fsp3) is 0.500. The number of ether oxygens (including phenoxy) is 1. The highest BCUT2D eigenvalue weighted by atomic mass is 16.5. The van der Waals surface area contributed by atoms with Crippen LogP contribution in [0.1, 0.15) is 30.1 Å². The van der Waals surface area contributed by atoms with Crippen molar-refractivity contribution in [3.63, 3.8) is 0 Å². The molecule has 1 aliphatic heterocycles. The minimum Gasteiger partial charge on any atom is -0.465 e. The maximum atomic E-state index is 11.6. The molecule has 2 rings (SSSR count). The molecule has 1 saturated heterocycles. The number of aliphatic hydroxyl groups is 1. The molecule has 1 fully saturated rings. The van der Waals surface area contributed by atoms with Gasteiger partial charge in [0.15, 0.2) is 0 Å². The van der Waals surface area contributed by atoms with Crippen LogP contribution in [0.4, 0.5) is 11.4 Å². The van der Waals surface area contributed by atoms with E-state index < -0.39 is 11.6 Å². The molecule has 3 N–H and O–H groups in total. The molecule has 5 nitrogen and oxygen atoms in total. The van der Waals surface area contributed by atoms with E-state index in [0.717, 1.165) is 25.1 Å². The van der Waals surface area contributed by atoms with E-state index in [4.69, 9.17) is 10.5 Å². The summed E-state index contributed by atoms with van der Waals surface area (Å²) in [6.45, 7) is 3.16. The van der Waals surface area contributed by atoms with E-state index in [-0.39, 0.29) is 0 Å². The van der Waals surface area contributed by atoms with Crippen LogP contribution in [0.2, 0.25) is 0 Å². The van der Waals surface area contributed by atoms with Gasteiger partial charge >= 0.3 is 5.97 Å². The van der Waals surface area contributed by atoms with E-state index >= 15 is 0 Å². The Morgan fingerprint density at radius 2 is 2.26 bits per heavy atom. The number of nitrogen functional groups attached to an aromatic ring is 1. The molecule has 1 aromatic rings. The van der Waals surface area contributed by atoms with E-state index in [1.54, 1.807) is 12.1 Å². The number of methoxy groups -OCH3 is 1. The standard InChI is InChI=1S/C14H20N2O3/c1-14(18)7-4-8-16(9-14)11-6-3-5-10(12(11)15)13(17)19-2/h3,5-6,18H,4,7-9,15H2,1-2H3. The van der Waals surface area contributed by atoms with Crippen LogP contribution in [0.15, 0.2) is 18.2 Å². The number of carbonyl (C=O) groups is 1. The third-order valence-corrected chi connectivity index (χ3v) is 3.50. The minimum atomic E-state index is -0.716. The van der Waals surface area contributed by atoms with E-state index in [1.807, 2.05) is 17.9 Å². The second-order valence-electron chi connectivity index (χ2n) is 5.25. The van der Waals surface area contributed by atoms with Crippen molar-refractivity contribution in [3.05, 3.63) is 23.8 Å². The number of nitrogens with two attached hydrogens (primary N) is 1. The van der Waals surface area contributed by atoms with Gasteiger partial charge in [-0.2, -0.15) is 0 Å². The van der Waals surface area contributed by atoms with Gasteiger partial charge in [0, 0.05) is 13.1 Å². The van der Waals surface area contributed by atoms with Crippen LogP contribution in [-0.4, -0.2) is 36.9 Å². The van der Waals surface area contributed by atoms with Gasteiger partial charge < -0.3 is 20.5 Å². The van der Waals surface area contributed by atoms with Crippen molar-refractivity contribution in [2.45, 2.75) is 25.4 Å². The normalized spacial score (nSPS) is 23.2. The lowest BCUT2D eigenvalue weighted by molar-refractivity contribution is 0.0450. The average Bonchev–Trinajstić information content (AvgIpc) is 2.37. The Balaban J connectivity index is 2.32. The molecule has 0 bridgehead atoms. The Morgan fingerprint density at radius 1 is 1.53 bits per heavy atom. The summed E-state index contributed by atoms with van der Waals surface area (Å²) in [5.74, 6) is -0.442.